The molecule has 0 atom stereocenters. The average Bonchev–Trinajstić information content (AvgIpc) is 3.24. The van der Waals surface area contributed by atoms with Crippen molar-refractivity contribution in [1.29, 1.82) is 0 Å². The van der Waals surface area contributed by atoms with Crippen molar-refractivity contribution in [3.05, 3.63) is 71.8 Å². The molecule has 148 valence electrons. The Labute approximate surface area is 167 Å². The van der Waals surface area contributed by atoms with E-state index < -0.39 is 5.91 Å². The van der Waals surface area contributed by atoms with E-state index in [9.17, 15) is 14.4 Å². The van der Waals surface area contributed by atoms with Gasteiger partial charge in [0.15, 0.2) is 5.78 Å². The molecule has 0 aliphatic rings. The Kier molecular flexibility index (Phi) is 6.03. The monoisotopic (exact) mass is 392 g/mol. The number of ketones is 1. The zero-order valence-corrected chi connectivity index (χ0v) is 16.0. The van der Waals surface area contributed by atoms with Crippen LogP contribution in [0.5, 0.6) is 5.75 Å². The number of hydrogen-bond donors (Lipinski definition) is 3. The Morgan fingerprint density at radius 1 is 0.966 bits per heavy atom. The highest BCUT2D eigenvalue weighted by Gasteiger charge is 2.19. The van der Waals surface area contributed by atoms with Crippen molar-refractivity contribution in [2.24, 2.45) is 0 Å². The van der Waals surface area contributed by atoms with Gasteiger partial charge in [-0.2, -0.15) is 0 Å². The first-order valence-corrected chi connectivity index (χ1v) is 8.95. The third-order valence-corrected chi connectivity index (χ3v) is 4.20. The molecule has 0 spiro atoms. The van der Waals surface area contributed by atoms with E-state index in [1.165, 1.54) is 13.4 Å². The average molecular weight is 392 g/mol. The van der Waals surface area contributed by atoms with Crippen LogP contribution in [0.4, 0.5) is 11.4 Å². The first-order valence-electron chi connectivity index (χ1n) is 8.95. The van der Waals surface area contributed by atoms with Crippen LogP contribution in [0.2, 0.25) is 0 Å². The number of aromatic nitrogens is 2. The largest absolute Gasteiger partial charge is 0.496 e. The standard InChI is InChI=1S/C21H20N4O4/c1-3-16(26)18-19(23-12-22-18)21(28)25-14-10-8-13(9-11-14)24-20(27)15-6-4-5-7-17(15)29-2/h4-12H,3H2,1-2H3,(H,22,23)(H,24,27)(H,25,28). The molecule has 0 saturated carbocycles. The second-order valence-electron chi connectivity index (χ2n) is 6.09. The minimum Gasteiger partial charge on any atom is -0.496 e. The molecule has 0 unspecified atom stereocenters. The van der Waals surface area contributed by atoms with E-state index in [2.05, 4.69) is 20.6 Å². The fraction of sp³-hybridized carbons (Fsp3) is 0.143. The molecule has 2 amide bonds. The zero-order chi connectivity index (χ0) is 20.8. The fourth-order valence-electron chi connectivity index (χ4n) is 2.71. The van der Waals surface area contributed by atoms with Crippen LogP contribution in [0, 0.1) is 0 Å². The summed E-state index contributed by atoms with van der Waals surface area (Å²) in [6.45, 7) is 1.71. The topological polar surface area (TPSA) is 113 Å². The van der Waals surface area contributed by atoms with Crippen molar-refractivity contribution in [1.82, 2.24) is 9.97 Å². The van der Waals surface area contributed by atoms with Gasteiger partial charge in [0.05, 0.1) is 19.0 Å². The maximum Gasteiger partial charge on any atom is 0.274 e. The summed E-state index contributed by atoms with van der Waals surface area (Å²) in [5.74, 6) is -0.513. The van der Waals surface area contributed by atoms with Crippen molar-refractivity contribution in [3.8, 4) is 5.75 Å². The fourth-order valence-corrected chi connectivity index (χ4v) is 2.71. The Morgan fingerprint density at radius 3 is 2.21 bits per heavy atom. The van der Waals surface area contributed by atoms with Gasteiger partial charge in [0.1, 0.15) is 17.1 Å². The van der Waals surface area contributed by atoms with Crippen molar-refractivity contribution in [2.45, 2.75) is 13.3 Å². The Bertz CT molecular complexity index is 1040. The Balaban J connectivity index is 1.68. The Morgan fingerprint density at radius 2 is 1.59 bits per heavy atom. The van der Waals surface area contributed by atoms with Crippen LogP contribution in [0.15, 0.2) is 54.9 Å². The van der Waals surface area contributed by atoms with Gasteiger partial charge in [0.2, 0.25) is 0 Å². The molecule has 1 heterocycles. The second kappa shape index (κ2) is 8.83. The number of anilines is 2. The van der Waals surface area contributed by atoms with E-state index in [4.69, 9.17) is 4.74 Å². The van der Waals surface area contributed by atoms with E-state index in [-0.39, 0.29) is 29.5 Å². The number of rotatable bonds is 7. The molecule has 1 aromatic heterocycles. The van der Waals surface area contributed by atoms with Gasteiger partial charge in [-0.15, -0.1) is 0 Å². The SMILES string of the molecule is CCC(=O)c1nc[nH]c1C(=O)Nc1ccc(NC(=O)c2ccccc2OC)cc1. The van der Waals surface area contributed by atoms with Crippen molar-refractivity contribution in [3.63, 3.8) is 0 Å². The first kappa shape index (κ1) is 19.8. The Hall–Kier alpha value is -3.94. The maximum absolute atomic E-state index is 12.4. The number of Topliss-reactive ketones (excluding diaryl/α,β-unsaturated/α-hetero) is 1. The summed E-state index contributed by atoms with van der Waals surface area (Å²) in [5, 5.41) is 5.48. The van der Waals surface area contributed by atoms with Gasteiger partial charge >= 0.3 is 0 Å². The normalized spacial score (nSPS) is 10.3. The summed E-state index contributed by atoms with van der Waals surface area (Å²) in [5.41, 5.74) is 1.72. The highest BCUT2D eigenvalue weighted by Crippen LogP contribution is 2.20. The lowest BCUT2D eigenvalue weighted by Gasteiger charge is -2.10. The smallest absolute Gasteiger partial charge is 0.274 e. The summed E-state index contributed by atoms with van der Waals surface area (Å²) < 4.78 is 5.20. The lowest BCUT2D eigenvalue weighted by molar-refractivity contribution is 0.0963. The maximum atomic E-state index is 12.4. The molecule has 0 bridgehead atoms. The first-order chi connectivity index (χ1) is 14.0. The number of carbonyl (C=O) groups excluding carboxylic acids is 3. The lowest BCUT2D eigenvalue weighted by atomic mass is 10.1. The molecule has 0 fully saturated rings. The van der Waals surface area contributed by atoms with Gasteiger partial charge in [0.25, 0.3) is 11.8 Å². The summed E-state index contributed by atoms with van der Waals surface area (Å²) >= 11 is 0. The van der Waals surface area contributed by atoms with E-state index in [1.54, 1.807) is 55.5 Å². The van der Waals surface area contributed by atoms with Crippen molar-refractivity contribution in [2.75, 3.05) is 17.7 Å². The predicted octanol–water partition coefficient (Wildman–Crippen LogP) is 3.52. The number of methoxy groups -OCH3 is 1. The van der Waals surface area contributed by atoms with Crippen LogP contribution in [0.1, 0.15) is 44.7 Å². The summed E-state index contributed by atoms with van der Waals surface area (Å²) in [6, 6.07) is 13.5. The molecule has 8 heteroatoms. The number of nitrogens with zero attached hydrogens (tertiary/aromatic N) is 1. The summed E-state index contributed by atoms with van der Waals surface area (Å²) in [6.07, 6.45) is 1.57. The van der Waals surface area contributed by atoms with E-state index >= 15 is 0 Å². The van der Waals surface area contributed by atoms with Crippen molar-refractivity contribution >= 4 is 29.0 Å². The molecule has 3 rings (SSSR count). The number of nitrogens with one attached hydrogen (secondary N) is 3. The highest BCUT2D eigenvalue weighted by molar-refractivity contribution is 6.10. The number of benzene rings is 2. The molecule has 0 radical (unpaired) electrons. The van der Waals surface area contributed by atoms with E-state index in [0.29, 0.717) is 22.7 Å². The third kappa shape index (κ3) is 4.49. The van der Waals surface area contributed by atoms with Crippen LogP contribution in [0.25, 0.3) is 0 Å². The molecule has 2 aromatic carbocycles. The van der Waals surface area contributed by atoms with Crippen LogP contribution in [0.3, 0.4) is 0 Å². The summed E-state index contributed by atoms with van der Waals surface area (Å²) in [4.78, 5) is 43.3. The highest BCUT2D eigenvalue weighted by atomic mass is 16.5. The molecular weight excluding hydrogens is 372 g/mol. The van der Waals surface area contributed by atoms with Crippen LogP contribution in [-0.4, -0.2) is 34.7 Å². The molecular formula is C21H20N4O4. The van der Waals surface area contributed by atoms with Crippen molar-refractivity contribution < 1.29 is 19.1 Å². The molecule has 3 N–H and O–H groups in total. The molecule has 29 heavy (non-hydrogen) atoms. The van der Waals surface area contributed by atoms with Crippen LogP contribution >= 0.6 is 0 Å². The number of para-hydroxylation sites is 1. The number of imidazole rings is 1. The van der Waals surface area contributed by atoms with Gasteiger partial charge < -0.3 is 20.4 Å². The molecule has 0 saturated heterocycles. The third-order valence-electron chi connectivity index (χ3n) is 4.20. The van der Waals surface area contributed by atoms with Gasteiger partial charge in [-0.05, 0) is 36.4 Å². The molecule has 3 aromatic rings. The van der Waals surface area contributed by atoms with E-state index in [1.807, 2.05) is 0 Å². The number of hydrogen-bond acceptors (Lipinski definition) is 5. The molecule has 0 aliphatic heterocycles. The minimum absolute atomic E-state index is 0.116. The number of H-pyrrole nitrogens is 1. The number of carbonyl (C=O) groups is 3. The predicted molar refractivity (Wildman–Crippen MR) is 109 cm³/mol. The zero-order valence-electron chi connectivity index (χ0n) is 16.0. The van der Waals surface area contributed by atoms with Gasteiger partial charge in [-0.3, -0.25) is 14.4 Å². The number of ether oxygens (including phenoxy) is 1. The second-order valence-corrected chi connectivity index (χ2v) is 6.09. The lowest BCUT2D eigenvalue weighted by Crippen LogP contribution is -2.16. The molecule has 8 nitrogen and oxygen atoms in total. The number of aromatic amines is 1. The minimum atomic E-state index is -0.467. The summed E-state index contributed by atoms with van der Waals surface area (Å²) in [7, 11) is 1.50. The number of amides is 2. The van der Waals surface area contributed by atoms with Crippen LogP contribution < -0.4 is 15.4 Å². The van der Waals surface area contributed by atoms with Gasteiger partial charge in [0, 0.05) is 17.8 Å². The van der Waals surface area contributed by atoms with E-state index in [0.717, 1.165) is 0 Å². The van der Waals surface area contributed by atoms with Crippen LogP contribution in [-0.2, 0) is 0 Å². The van der Waals surface area contributed by atoms with Gasteiger partial charge in [-0.1, -0.05) is 19.1 Å². The van der Waals surface area contributed by atoms with Gasteiger partial charge in [-0.25, -0.2) is 4.98 Å². The quantitative estimate of drug-likeness (QED) is 0.533. The molecule has 0 aliphatic carbocycles.